The van der Waals surface area contributed by atoms with Crippen LogP contribution in [0.5, 0.6) is 0 Å². The van der Waals surface area contributed by atoms with Gasteiger partial charge < -0.3 is 5.32 Å². The Morgan fingerprint density at radius 1 is 1.14 bits per heavy atom. The molecule has 2 aromatic carbocycles. The molecule has 6 nitrogen and oxygen atoms in total. The number of amides is 1. The number of H-pyrrole nitrogens is 1. The van der Waals surface area contributed by atoms with E-state index in [0.29, 0.717) is 28.8 Å². The Kier molecular flexibility index (Phi) is 7.07. The van der Waals surface area contributed by atoms with Crippen molar-refractivity contribution in [1.82, 2.24) is 14.8 Å². The molecular weight excluding hydrogens is 443 g/mol. The lowest BCUT2D eigenvalue weighted by atomic mass is 10.1. The number of rotatable bonds is 7. The molecule has 0 atom stereocenters. The first-order valence-corrected chi connectivity index (χ1v) is 10.3. The van der Waals surface area contributed by atoms with Gasteiger partial charge in [0.05, 0.1) is 21.5 Å². The highest BCUT2D eigenvalue weighted by Gasteiger charge is 2.14. The predicted molar refractivity (Wildman–Crippen MR) is 114 cm³/mol. The van der Waals surface area contributed by atoms with Gasteiger partial charge in [-0.2, -0.15) is 0 Å². The maximum atomic E-state index is 12.3. The van der Waals surface area contributed by atoms with Crippen LogP contribution in [-0.4, -0.2) is 26.4 Å². The molecule has 3 rings (SSSR count). The zero-order valence-corrected chi connectivity index (χ0v) is 17.5. The summed E-state index contributed by atoms with van der Waals surface area (Å²) in [4.78, 5) is 24.3. The molecule has 0 saturated heterocycles. The van der Waals surface area contributed by atoms with Gasteiger partial charge in [0.1, 0.15) is 0 Å². The molecule has 0 spiro atoms. The number of aromatic amines is 1. The molecule has 1 aromatic heterocycles. The minimum atomic E-state index is -0.332. The Morgan fingerprint density at radius 2 is 1.82 bits per heavy atom. The second-order valence-electron chi connectivity index (χ2n) is 5.78. The molecule has 0 aliphatic rings. The van der Waals surface area contributed by atoms with Crippen LogP contribution in [0.4, 0.5) is 5.69 Å². The zero-order chi connectivity index (χ0) is 20.1. The lowest BCUT2D eigenvalue weighted by Crippen LogP contribution is -2.20. The van der Waals surface area contributed by atoms with Crippen LogP contribution < -0.4 is 11.0 Å². The fourth-order valence-corrected chi connectivity index (χ4v) is 4.15. The molecule has 0 saturated carbocycles. The largest absolute Gasteiger partial charge is 0.343 e. The summed E-state index contributed by atoms with van der Waals surface area (Å²) in [5.74, 6) is -0.300. The fourth-order valence-electron chi connectivity index (χ4n) is 2.46. The summed E-state index contributed by atoms with van der Waals surface area (Å²) in [5.41, 5.74) is 1.08. The van der Waals surface area contributed by atoms with Crippen molar-refractivity contribution in [2.45, 2.75) is 18.1 Å². The summed E-state index contributed by atoms with van der Waals surface area (Å²) in [6, 6.07) is 12.8. The first-order chi connectivity index (χ1) is 13.4. The number of thioether (sulfide) groups is 1. The second kappa shape index (κ2) is 9.52. The monoisotopic (exact) mass is 456 g/mol. The van der Waals surface area contributed by atoms with Gasteiger partial charge in [-0.1, -0.05) is 76.9 Å². The topological polar surface area (TPSA) is 79.8 Å². The maximum absolute atomic E-state index is 12.3. The van der Waals surface area contributed by atoms with Crippen LogP contribution in [0.3, 0.4) is 0 Å². The summed E-state index contributed by atoms with van der Waals surface area (Å²) in [7, 11) is 0. The van der Waals surface area contributed by atoms with Gasteiger partial charge in [0, 0.05) is 11.6 Å². The molecule has 0 fully saturated rings. The normalized spacial score (nSPS) is 10.8. The van der Waals surface area contributed by atoms with Gasteiger partial charge in [0.2, 0.25) is 5.91 Å². The quantitative estimate of drug-likeness (QED) is 0.512. The standard InChI is InChI=1S/C18H15Cl3N4O2S/c19-12-8-13(20)16(14(21)9-12)22-15(26)10-28-18-24-23-17(27)25(18)7-6-11-4-2-1-3-5-11/h1-5,8-9H,6-7,10H2,(H,22,26)(H,23,27). The van der Waals surface area contributed by atoms with Crippen molar-refractivity contribution >= 4 is 58.2 Å². The molecule has 2 N–H and O–H groups in total. The molecule has 10 heteroatoms. The van der Waals surface area contributed by atoms with E-state index in [0.717, 1.165) is 17.3 Å². The summed E-state index contributed by atoms with van der Waals surface area (Å²) < 4.78 is 1.51. The number of benzene rings is 2. The van der Waals surface area contributed by atoms with Gasteiger partial charge >= 0.3 is 5.69 Å². The van der Waals surface area contributed by atoms with Crippen LogP contribution in [0.15, 0.2) is 52.4 Å². The number of halogens is 3. The van der Waals surface area contributed by atoms with E-state index in [1.54, 1.807) is 0 Å². The first-order valence-electron chi connectivity index (χ1n) is 8.20. The Morgan fingerprint density at radius 3 is 2.50 bits per heavy atom. The van der Waals surface area contributed by atoms with Crippen molar-refractivity contribution < 1.29 is 4.79 Å². The number of nitrogens with zero attached hydrogens (tertiary/aromatic N) is 2. The summed E-state index contributed by atoms with van der Waals surface area (Å²) in [6.45, 7) is 0.456. The summed E-state index contributed by atoms with van der Waals surface area (Å²) in [6.07, 6.45) is 0.677. The average Bonchev–Trinajstić information content (AvgIpc) is 3.02. The predicted octanol–water partition coefficient (Wildman–Crippen LogP) is 4.51. The molecule has 0 radical (unpaired) electrons. The van der Waals surface area contributed by atoms with Gasteiger partial charge in [-0.05, 0) is 24.1 Å². The number of carbonyl (C=O) groups excluding carboxylic acids is 1. The number of aromatic nitrogens is 3. The molecule has 1 heterocycles. The van der Waals surface area contributed by atoms with Crippen molar-refractivity contribution in [3.63, 3.8) is 0 Å². The highest BCUT2D eigenvalue weighted by Crippen LogP contribution is 2.33. The first kappa shape index (κ1) is 20.8. The van der Waals surface area contributed by atoms with Crippen molar-refractivity contribution in [3.8, 4) is 0 Å². The Hall–Kier alpha value is -1.93. The van der Waals surface area contributed by atoms with Crippen LogP contribution in [0, 0.1) is 0 Å². The van der Waals surface area contributed by atoms with Crippen LogP contribution in [0.2, 0.25) is 15.1 Å². The van der Waals surface area contributed by atoms with E-state index in [4.69, 9.17) is 34.8 Å². The lowest BCUT2D eigenvalue weighted by Gasteiger charge is -2.10. The molecule has 1 amide bonds. The highest BCUT2D eigenvalue weighted by atomic mass is 35.5. The number of nitrogens with one attached hydrogen (secondary N) is 2. The number of aryl methyl sites for hydroxylation is 1. The molecule has 0 bridgehead atoms. The van der Waals surface area contributed by atoms with Crippen molar-refractivity contribution in [2.24, 2.45) is 0 Å². The zero-order valence-electron chi connectivity index (χ0n) is 14.4. The number of hydrogen-bond donors (Lipinski definition) is 2. The summed E-state index contributed by atoms with van der Waals surface area (Å²) >= 11 is 19.1. The molecule has 0 unspecified atom stereocenters. The maximum Gasteiger partial charge on any atom is 0.343 e. The Balaban J connectivity index is 1.62. The van der Waals surface area contributed by atoms with E-state index >= 15 is 0 Å². The molecule has 3 aromatic rings. The average molecular weight is 458 g/mol. The van der Waals surface area contributed by atoms with Crippen LogP contribution in [0.25, 0.3) is 0 Å². The van der Waals surface area contributed by atoms with Crippen LogP contribution >= 0.6 is 46.6 Å². The molecule has 0 aliphatic carbocycles. The lowest BCUT2D eigenvalue weighted by molar-refractivity contribution is -0.113. The van der Waals surface area contributed by atoms with Crippen molar-refractivity contribution in [3.05, 3.63) is 73.6 Å². The number of hydrogen-bond acceptors (Lipinski definition) is 4. The minimum Gasteiger partial charge on any atom is -0.323 e. The van der Waals surface area contributed by atoms with Gasteiger partial charge in [0.25, 0.3) is 0 Å². The molecule has 0 aliphatic heterocycles. The van der Waals surface area contributed by atoms with E-state index in [1.807, 2.05) is 30.3 Å². The van der Waals surface area contributed by atoms with Crippen LogP contribution in [0.1, 0.15) is 5.56 Å². The molecular formula is C18H15Cl3N4O2S. The van der Waals surface area contributed by atoms with E-state index in [9.17, 15) is 9.59 Å². The van der Waals surface area contributed by atoms with Crippen LogP contribution in [-0.2, 0) is 17.8 Å². The minimum absolute atomic E-state index is 0.0327. The van der Waals surface area contributed by atoms with E-state index in [2.05, 4.69) is 15.5 Å². The van der Waals surface area contributed by atoms with Gasteiger partial charge in [-0.25, -0.2) is 9.89 Å². The summed E-state index contributed by atoms with van der Waals surface area (Å²) in [5, 5.41) is 10.4. The third kappa shape index (κ3) is 5.32. The molecule has 28 heavy (non-hydrogen) atoms. The van der Waals surface area contributed by atoms with Crippen molar-refractivity contribution in [2.75, 3.05) is 11.1 Å². The van der Waals surface area contributed by atoms with Crippen molar-refractivity contribution in [1.29, 1.82) is 0 Å². The second-order valence-corrected chi connectivity index (χ2v) is 7.97. The van der Waals surface area contributed by atoms with E-state index < -0.39 is 0 Å². The number of carbonyl (C=O) groups is 1. The van der Waals surface area contributed by atoms with Gasteiger partial charge in [0.15, 0.2) is 5.16 Å². The van der Waals surface area contributed by atoms with E-state index in [-0.39, 0.29) is 27.4 Å². The smallest absolute Gasteiger partial charge is 0.323 e. The van der Waals surface area contributed by atoms with Gasteiger partial charge in [-0.15, -0.1) is 5.10 Å². The fraction of sp³-hybridized carbons (Fsp3) is 0.167. The Labute approximate surface area is 180 Å². The molecule has 146 valence electrons. The number of anilines is 1. The highest BCUT2D eigenvalue weighted by molar-refractivity contribution is 7.99. The third-order valence-electron chi connectivity index (χ3n) is 3.79. The van der Waals surface area contributed by atoms with E-state index in [1.165, 1.54) is 16.7 Å². The third-order valence-corrected chi connectivity index (χ3v) is 5.58. The SMILES string of the molecule is O=C(CSc1n[nH]c(=O)n1CCc1ccccc1)Nc1c(Cl)cc(Cl)cc1Cl. The van der Waals surface area contributed by atoms with Gasteiger partial charge in [-0.3, -0.25) is 9.36 Å². The Bertz CT molecular complexity index is 1010.